The molecule has 0 heterocycles. The summed E-state index contributed by atoms with van der Waals surface area (Å²) >= 11 is 0. The Hall–Kier alpha value is -1.26. The lowest BCUT2D eigenvalue weighted by atomic mass is 10.3. The Balaban J connectivity index is 2.37. The number of likely N-dealkylation sites (N-methyl/N-ethyl adjacent to an activating group) is 1. The van der Waals surface area contributed by atoms with Crippen LogP contribution in [0.5, 0.6) is 11.5 Å². The minimum absolute atomic E-state index is 0.316. The fraction of sp³-hybridized carbons (Fsp3) is 0.455. The van der Waals surface area contributed by atoms with Gasteiger partial charge in [0.05, 0.1) is 14.2 Å². The van der Waals surface area contributed by atoms with Crippen molar-refractivity contribution in [1.29, 1.82) is 0 Å². The molecule has 1 aromatic rings. The fourth-order valence-electron chi connectivity index (χ4n) is 1.20. The van der Waals surface area contributed by atoms with Crippen LogP contribution >= 0.6 is 0 Å². The van der Waals surface area contributed by atoms with E-state index < -0.39 is 6.10 Å². The molecule has 0 spiro atoms. The molecule has 1 atom stereocenters. The topological polar surface area (TPSA) is 55.3 Å². The van der Waals surface area contributed by atoms with Gasteiger partial charge in [0, 0.05) is 0 Å². The standard InChI is InChI=1S/C11H17NO3/c1-12-7-9(13)8-15-11-5-3-10(14-2)4-6-11/h3-6,9,12-13H,7-8H2,1-2H3/p+1/t9-/m1/s1. The van der Waals surface area contributed by atoms with E-state index in [1.165, 1.54) is 0 Å². The number of hydrogen-bond acceptors (Lipinski definition) is 3. The van der Waals surface area contributed by atoms with Crippen LogP contribution in [-0.2, 0) is 0 Å². The summed E-state index contributed by atoms with van der Waals surface area (Å²) in [7, 11) is 3.54. The molecule has 0 aliphatic carbocycles. The summed E-state index contributed by atoms with van der Waals surface area (Å²) < 4.78 is 10.4. The van der Waals surface area contributed by atoms with Gasteiger partial charge >= 0.3 is 0 Å². The average molecular weight is 212 g/mol. The molecule has 0 amide bonds. The molecule has 0 aromatic heterocycles. The molecule has 15 heavy (non-hydrogen) atoms. The first-order valence-corrected chi connectivity index (χ1v) is 4.99. The number of aliphatic hydroxyl groups excluding tert-OH is 1. The van der Waals surface area contributed by atoms with E-state index in [-0.39, 0.29) is 0 Å². The van der Waals surface area contributed by atoms with E-state index >= 15 is 0 Å². The van der Waals surface area contributed by atoms with Crippen molar-refractivity contribution in [2.75, 3.05) is 27.3 Å². The zero-order chi connectivity index (χ0) is 11.1. The smallest absolute Gasteiger partial charge is 0.137 e. The summed E-state index contributed by atoms with van der Waals surface area (Å²) in [6.45, 7) is 0.965. The van der Waals surface area contributed by atoms with E-state index in [0.29, 0.717) is 13.2 Å². The van der Waals surface area contributed by atoms with Crippen molar-refractivity contribution >= 4 is 0 Å². The minimum Gasteiger partial charge on any atom is -0.497 e. The molecule has 3 N–H and O–H groups in total. The average Bonchev–Trinajstić information content (AvgIpc) is 2.27. The van der Waals surface area contributed by atoms with Crippen LogP contribution in [0, 0.1) is 0 Å². The van der Waals surface area contributed by atoms with Crippen molar-refractivity contribution in [3.63, 3.8) is 0 Å². The first-order valence-electron chi connectivity index (χ1n) is 4.99. The molecule has 4 heteroatoms. The lowest BCUT2D eigenvalue weighted by Crippen LogP contribution is -2.82. The van der Waals surface area contributed by atoms with E-state index in [4.69, 9.17) is 9.47 Å². The Morgan fingerprint density at radius 2 is 1.87 bits per heavy atom. The second-order valence-electron chi connectivity index (χ2n) is 3.28. The van der Waals surface area contributed by atoms with Crippen LogP contribution in [0.1, 0.15) is 0 Å². The lowest BCUT2D eigenvalue weighted by molar-refractivity contribution is -0.633. The number of nitrogens with two attached hydrogens (primary N) is 1. The molecule has 0 aliphatic rings. The van der Waals surface area contributed by atoms with E-state index in [0.717, 1.165) is 11.5 Å². The zero-order valence-corrected chi connectivity index (χ0v) is 9.14. The number of rotatable bonds is 6. The zero-order valence-electron chi connectivity index (χ0n) is 9.14. The van der Waals surface area contributed by atoms with Crippen LogP contribution in [0.15, 0.2) is 24.3 Å². The SMILES string of the molecule is C[NH2+]C[C@@H](O)COc1ccc(OC)cc1. The van der Waals surface area contributed by atoms with Crippen LogP contribution < -0.4 is 14.8 Å². The molecule has 1 rings (SSSR count). The van der Waals surface area contributed by atoms with Gasteiger partial charge in [-0.2, -0.15) is 0 Å². The van der Waals surface area contributed by atoms with Crippen molar-refractivity contribution in [3.05, 3.63) is 24.3 Å². The molecule has 1 aromatic carbocycles. The van der Waals surface area contributed by atoms with Crippen molar-refractivity contribution in [2.24, 2.45) is 0 Å². The summed E-state index contributed by atoms with van der Waals surface area (Å²) in [5.41, 5.74) is 0. The first-order chi connectivity index (χ1) is 7.26. The highest BCUT2D eigenvalue weighted by atomic mass is 16.5. The van der Waals surface area contributed by atoms with E-state index in [1.807, 2.05) is 36.6 Å². The van der Waals surface area contributed by atoms with Crippen molar-refractivity contribution < 1.29 is 19.9 Å². The molecule has 84 valence electrons. The predicted octanol–water partition coefficient (Wildman–Crippen LogP) is -0.372. The molecule has 0 aliphatic heterocycles. The second kappa shape index (κ2) is 6.27. The van der Waals surface area contributed by atoms with Gasteiger partial charge in [-0.3, -0.25) is 0 Å². The summed E-state index contributed by atoms with van der Waals surface area (Å²) in [6.07, 6.45) is -0.433. The maximum Gasteiger partial charge on any atom is 0.137 e. The third kappa shape index (κ3) is 4.18. The van der Waals surface area contributed by atoms with Gasteiger partial charge in [-0.05, 0) is 24.3 Å². The Bertz CT molecular complexity index is 274. The van der Waals surface area contributed by atoms with Crippen LogP contribution in [0.4, 0.5) is 0 Å². The van der Waals surface area contributed by atoms with Crippen LogP contribution in [0.2, 0.25) is 0 Å². The van der Waals surface area contributed by atoms with Gasteiger partial charge in [0.2, 0.25) is 0 Å². The first kappa shape index (κ1) is 11.8. The summed E-state index contributed by atoms with van der Waals surface area (Å²) in [5.74, 6) is 1.54. The molecule has 0 saturated carbocycles. The number of benzene rings is 1. The van der Waals surface area contributed by atoms with Gasteiger partial charge in [0.15, 0.2) is 0 Å². The van der Waals surface area contributed by atoms with Crippen LogP contribution in [-0.4, -0.2) is 38.5 Å². The summed E-state index contributed by atoms with van der Waals surface area (Å²) in [4.78, 5) is 0. The fourth-order valence-corrected chi connectivity index (χ4v) is 1.20. The Morgan fingerprint density at radius 3 is 2.40 bits per heavy atom. The van der Waals surface area contributed by atoms with Gasteiger partial charge in [0.1, 0.15) is 30.8 Å². The highest BCUT2D eigenvalue weighted by Gasteiger charge is 2.05. The predicted molar refractivity (Wildman–Crippen MR) is 57.2 cm³/mol. The Kier molecular flexibility index (Phi) is 4.93. The van der Waals surface area contributed by atoms with Gasteiger partial charge in [0.25, 0.3) is 0 Å². The maximum atomic E-state index is 9.43. The van der Waals surface area contributed by atoms with Crippen LogP contribution in [0.25, 0.3) is 0 Å². The Labute approximate surface area is 89.8 Å². The van der Waals surface area contributed by atoms with Crippen molar-refractivity contribution in [1.82, 2.24) is 0 Å². The number of ether oxygens (including phenoxy) is 2. The summed E-state index contributed by atoms with van der Waals surface area (Å²) in [5, 5.41) is 11.3. The number of methoxy groups -OCH3 is 1. The lowest BCUT2D eigenvalue weighted by Gasteiger charge is -2.10. The largest absolute Gasteiger partial charge is 0.497 e. The monoisotopic (exact) mass is 212 g/mol. The van der Waals surface area contributed by atoms with Gasteiger partial charge in [-0.1, -0.05) is 0 Å². The maximum absolute atomic E-state index is 9.43. The van der Waals surface area contributed by atoms with Gasteiger partial charge < -0.3 is 19.9 Å². The third-order valence-electron chi connectivity index (χ3n) is 2.01. The highest BCUT2D eigenvalue weighted by molar-refractivity contribution is 5.31. The number of aliphatic hydroxyl groups is 1. The quantitative estimate of drug-likeness (QED) is 0.676. The van der Waals surface area contributed by atoms with Crippen LogP contribution in [0.3, 0.4) is 0 Å². The Morgan fingerprint density at radius 1 is 1.27 bits per heavy atom. The van der Waals surface area contributed by atoms with E-state index in [2.05, 4.69) is 0 Å². The second-order valence-corrected chi connectivity index (χ2v) is 3.28. The van der Waals surface area contributed by atoms with E-state index in [1.54, 1.807) is 7.11 Å². The molecular formula is C11H18NO3+. The van der Waals surface area contributed by atoms with Crippen molar-refractivity contribution in [2.45, 2.75) is 6.10 Å². The molecule has 0 bridgehead atoms. The van der Waals surface area contributed by atoms with Gasteiger partial charge in [-0.25, -0.2) is 0 Å². The highest BCUT2D eigenvalue weighted by Crippen LogP contribution is 2.16. The van der Waals surface area contributed by atoms with Crippen molar-refractivity contribution in [3.8, 4) is 11.5 Å². The molecule has 0 saturated heterocycles. The molecular weight excluding hydrogens is 194 g/mol. The van der Waals surface area contributed by atoms with E-state index in [9.17, 15) is 5.11 Å². The molecule has 0 unspecified atom stereocenters. The van der Waals surface area contributed by atoms with Gasteiger partial charge in [-0.15, -0.1) is 0 Å². The number of hydrogen-bond donors (Lipinski definition) is 2. The third-order valence-corrected chi connectivity index (χ3v) is 2.01. The normalized spacial score (nSPS) is 12.2. The number of quaternary nitrogens is 1. The molecule has 0 fully saturated rings. The molecule has 4 nitrogen and oxygen atoms in total. The minimum atomic E-state index is -0.433. The summed E-state index contributed by atoms with van der Waals surface area (Å²) in [6, 6.07) is 7.30. The molecule has 0 radical (unpaired) electrons.